The maximum atomic E-state index is 12.3. The average molecular weight is 353 g/mol. The van der Waals surface area contributed by atoms with Crippen molar-refractivity contribution in [3.05, 3.63) is 65.2 Å². The number of benzene rings is 2. The van der Waals surface area contributed by atoms with Crippen molar-refractivity contribution in [3.8, 4) is 5.75 Å². The van der Waals surface area contributed by atoms with Crippen molar-refractivity contribution in [1.82, 2.24) is 4.90 Å². The van der Waals surface area contributed by atoms with Crippen molar-refractivity contribution in [2.75, 3.05) is 20.3 Å². The van der Waals surface area contributed by atoms with Gasteiger partial charge in [0, 0.05) is 6.54 Å². The molecule has 2 aromatic rings. The lowest BCUT2D eigenvalue weighted by Gasteiger charge is -2.13. The van der Waals surface area contributed by atoms with Gasteiger partial charge < -0.3 is 9.47 Å². The largest absolute Gasteiger partial charge is 0.494 e. The smallest absolute Gasteiger partial charge is 0.337 e. The van der Waals surface area contributed by atoms with Crippen LogP contribution in [0, 0.1) is 0 Å². The molecule has 0 atom stereocenters. The van der Waals surface area contributed by atoms with Crippen LogP contribution in [0.15, 0.2) is 48.5 Å². The van der Waals surface area contributed by atoms with Crippen LogP contribution in [-0.4, -0.2) is 42.9 Å². The summed E-state index contributed by atoms with van der Waals surface area (Å²) >= 11 is 0. The summed E-state index contributed by atoms with van der Waals surface area (Å²) in [5.41, 5.74) is 1.36. The van der Waals surface area contributed by atoms with E-state index < -0.39 is 5.97 Å². The SMILES string of the molecule is COC(=O)c1cccc(OCCCCN2C(=O)c3ccccc3C2=O)c1. The second-order valence-corrected chi connectivity index (χ2v) is 5.88. The first kappa shape index (κ1) is 17.7. The number of carbonyl (C=O) groups is 3. The summed E-state index contributed by atoms with van der Waals surface area (Å²) in [7, 11) is 1.33. The number of methoxy groups -OCH3 is 1. The van der Waals surface area contributed by atoms with Crippen LogP contribution in [0.2, 0.25) is 0 Å². The predicted molar refractivity (Wildman–Crippen MR) is 94.3 cm³/mol. The molecule has 26 heavy (non-hydrogen) atoms. The summed E-state index contributed by atoms with van der Waals surface area (Å²) in [6, 6.07) is 13.6. The summed E-state index contributed by atoms with van der Waals surface area (Å²) in [4.78, 5) is 37.3. The van der Waals surface area contributed by atoms with E-state index in [1.807, 2.05) is 0 Å². The first-order chi connectivity index (χ1) is 12.6. The molecule has 0 spiro atoms. The third-order valence-corrected chi connectivity index (χ3v) is 4.18. The van der Waals surface area contributed by atoms with Gasteiger partial charge >= 0.3 is 5.97 Å². The summed E-state index contributed by atoms with van der Waals surface area (Å²) < 4.78 is 10.3. The number of unbranched alkanes of at least 4 members (excludes halogenated alkanes) is 1. The van der Waals surface area contributed by atoms with Gasteiger partial charge in [-0.2, -0.15) is 0 Å². The number of hydrogen-bond acceptors (Lipinski definition) is 5. The predicted octanol–water partition coefficient (Wildman–Crippen LogP) is 2.93. The number of amides is 2. The fourth-order valence-corrected chi connectivity index (χ4v) is 2.83. The monoisotopic (exact) mass is 353 g/mol. The van der Waals surface area contributed by atoms with E-state index in [-0.39, 0.29) is 11.8 Å². The molecular formula is C20H19NO5. The zero-order chi connectivity index (χ0) is 18.5. The Morgan fingerprint density at radius 3 is 2.31 bits per heavy atom. The molecule has 0 saturated heterocycles. The molecule has 3 rings (SSSR count). The van der Waals surface area contributed by atoms with E-state index in [4.69, 9.17) is 4.74 Å². The topological polar surface area (TPSA) is 72.9 Å². The number of carbonyl (C=O) groups excluding carboxylic acids is 3. The number of imide groups is 1. The first-order valence-electron chi connectivity index (χ1n) is 8.38. The van der Waals surface area contributed by atoms with Gasteiger partial charge in [0.15, 0.2) is 0 Å². The Balaban J connectivity index is 1.46. The third kappa shape index (κ3) is 3.59. The number of ether oxygens (including phenoxy) is 2. The van der Waals surface area contributed by atoms with Crippen LogP contribution in [0.4, 0.5) is 0 Å². The molecule has 1 heterocycles. The van der Waals surface area contributed by atoms with Gasteiger partial charge in [-0.25, -0.2) is 4.79 Å². The van der Waals surface area contributed by atoms with Gasteiger partial charge in [-0.3, -0.25) is 14.5 Å². The molecule has 1 aliphatic rings. The summed E-state index contributed by atoms with van der Waals surface area (Å²) in [5, 5.41) is 0. The van der Waals surface area contributed by atoms with Crippen molar-refractivity contribution in [2.45, 2.75) is 12.8 Å². The Morgan fingerprint density at radius 2 is 1.65 bits per heavy atom. The standard InChI is InChI=1S/C20H19NO5/c1-25-20(24)14-7-6-8-15(13-14)26-12-5-4-11-21-18(22)16-9-2-3-10-17(16)19(21)23/h2-3,6-10,13H,4-5,11-12H2,1H3. The second-order valence-electron chi connectivity index (χ2n) is 5.88. The molecule has 0 aromatic heterocycles. The number of esters is 1. The highest BCUT2D eigenvalue weighted by Gasteiger charge is 2.34. The normalized spacial score (nSPS) is 12.9. The minimum absolute atomic E-state index is 0.239. The van der Waals surface area contributed by atoms with Crippen LogP contribution < -0.4 is 4.74 Å². The van der Waals surface area contributed by atoms with E-state index >= 15 is 0 Å². The number of fused-ring (bicyclic) bond motifs is 1. The fourth-order valence-electron chi connectivity index (χ4n) is 2.83. The van der Waals surface area contributed by atoms with Gasteiger partial charge in [-0.1, -0.05) is 18.2 Å². The summed E-state index contributed by atoms with van der Waals surface area (Å²) in [5.74, 6) is -0.315. The highest BCUT2D eigenvalue weighted by atomic mass is 16.5. The minimum atomic E-state index is -0.416. The summed E-state index contributed by atoms with van der Waals surface area (Å²) in [6.45, 7) is 0.783. The van der Waals surface area contributed by atoms with Gasteiger partial charge in [0.2, 0.25) is 0 Å². The van der Waals surface area contributed by atoms with Crippen molar-refractivity contribution in [2.24, 2.45) is 0 Å². The van der Waals surface area contributed by atoms with Crippen molar-refractivity contribution in [1.29, 1.82) is 0 Å². The van der Waals surface area contributed by atoms with Crippen LogP contribution in [0.3, 0.4) is 0 Å². The lowest BCUT2D eigenvalue weighted by Crippen LogP contribution is -2.30. The Hall–Kier alpha value is -3.15. The van der Waals surface area contributed by atoms with Crippen molar-refractivity contribution >= 4 is 17.8 Å². The number of nitrogens with zero attached hydrogens (tertiary/aromatic N) is 1. The van der Waals surface area contributed by atoms with Gasteiger partial charge in [-0.15, -0.1) is 0 Å². The number of rotatable bonds is 7. The van der Waals surface area contributed by atoms with Crippen LogP contribution in [0.5, 0.6) is 5.75 Å². The van der Waals surface area contributed by atoms with Gasteiger partial charge in [0.25, 0.3) is 11.8 Å². The Labute approximate surface area is 151 Å². The number of hydrogen-bond donors (Lipinski definition) is 0. The molecule has 0 N–H and O–H groups in total. The Kier molecular flexibility index (Phi) is 5.31. The molecule has 0 saturated carbocycles. The second kappa shape index (κ2) is 7.82. The van der Waals surface area contributed by atoms with Crippen LogP contribution >= 0.6 is 0 Å². The van der Waals surface area contributed by atoms with Crippen molar-refractivity contribution < 1.29 is 23.9 Å². The molecule has 0 radical (unpaired) electrons. The zero-order valence-corrected chi connectivity index (χ0v) is 14.4. The van der Waals surface area contributed by atoms with E-state index in [9.17, 15) is 14.4 Å². The first-order valence-corrected chi connectivity index (χ1v) is 8.38. The Morgan fingerprint density at radius 1 is 0.962 bits per heavy atom. The van der Waals surface area contributed by atoms with E-state index in [2.05, 4.69) is 4.74 Å². The van der Waals surface area contributed by atoms with Gasteiger partial charge in [0.1, 0.15) is 5.75 Å². The van der Waals surface area contributed by atoms with Gasteiger partial charge in [-0.05, 0) is 43.2 Å². The summed E-state index contributed by atoms with van der Waals surface area (Å²) in [6.07, 6.45) is 1.32. The molecule has 134 valence electrons. The van der Waals surface area contributed by atoms with E-state index in [0.717, 1.165) is 0 Å². The maximum absolute atomic E-state index is 12.3. The molecule has 6 nitrogen and oxygen atoms in total. The molecule has 1 aliphatic heterocycles. The molecule has 0 aliphatic carbocycles. The molecule has 0 fully saturated rings. The average Bonchev–Trinajstić information content (AvgIpc) is 2.92. The van der Waals surface area contributed by atoms with E-state index in [1.54, 1.807) is 48.5 Å². The third-order valence-electron chi connectivity index (χ3n) is 4.18. The minimum Gasteiger partial charge on any atom is -0.494 e. The van der Waals surface area contributed by atoms with E-state index in [0.29, 0.717) is 48.4 Å². The Bertz CT molecular complexity index is 811. The molecule has 2 amide bonds. The maximum Gasteiger partial charge on any atom is 0.337 e. The lowest BCUT2D eigenvalue weighted by atomic mass is 10.1. The molecule has 6 heteroatoms. The van der Waals surface area contributed by atoms with Gasteiger partial charge in [0.05, 0.1) is 30.4 Å². The lowest BCUT2D eigenvalue weighted by molar-refractivity contribution is 0.0598. The highest BCUT2D eigenvalue weighted by Crippen LogP contribution is 2.22. The van der Waals surface area contributed by atoms with Crippen LogP contribution in [0.1, 0.15) is 43.9 Å². The van der Waals surface area contributed by atoms with E-state index in [1.165, 1.54) is 12.0 Å². The van der Waals surface area contributed by atoms with Crippen molar-refractivity contribution in [3.63, 3.8) is 0 Å². The van der Waals surface area contributed by atoms with Crippen LogP contribution in [0.25, 0.3) is 0 Å². The fraction of sp³-hybridized carbons (Fsp3) is 0.250. The molecule has 0 bridgehead atoms. The van der Waals surface area contributed by atoms with Crippen LogP contribution in [-0.2, 0) is 4.74 Å². The quantitative estimate of drug-likeness (QED) is 0.435. The zero-order valence-electron chi connectivity index (χ0n) is 14.4. The molecule has 2 aromatic carbocycles. The molecule has 0 unspecified atom stereocenters. The highest BCUT2D eigenvalue weighted by molar-refractivity contribution is 6.21. The molecular weight excluding hydrogens is 334 g/mol.